The molecule has 0 spiro atoms. The predicted octanol–water partition coefficient (Wildman–Crippen LogP) is 5.36. The monoisotopic (exact) mass is 435 g/mol. The summed E-state index contributed by atoms with van der Waals surface area (Å²) in [6.45, 7) is 10.1. The molecule has 0 aliphatic carbocycles. The lowest BCUT2D eigenvalue weighted by molar-refractivity contribution is -0.156. The number of carbonyl (C=O) groups is 1. The number of hydrogen-bond acceptors (Lipinski definition) is 4. The number of aromatic nitrogens is 1. The van der Waals surface area contributed by atoms with Crippen molar-refractivity contribution in [2.24, 2.45) is 0 Å². The van der Waals surface area contributed by atoms with Crippen molar-refractivity contribution in [1.82, 2.24) is 4.57 Å². The molecule has 0 N–H and O–H groups in total. The molecule has 5 heteroatoms. The zero-order valence-corrected chi connectivity index (χ0v) is 19.5. The van der Waals surface area contributed by atoms with Crippen molar-refractivity contribution >= 4 is 5.97 Å². The van der Waals surface area contributed by atoms with Gasteiger partial charge in [0.05, 0.1) is 13.2 Å². The van der Waals surface area contributed by atoms with E-state index in [1.165, 1.54) is 22.5 Å². The van der Waals surface area contributed by atoms with Gasteiger partial charge >= 0.3 is 5.97 Å². The normalized spacial score (nSPS) is 11.9. The summed E-state index contributed by atoms with van der Waals surface area (Å²) in [4.78, 5) is 12.1. The molecule has 1 atom stereocenters. The molecular formula is C27H33NO4. The number of rotatable bonds is 11. The van der Waals surface area contributed by atoms with Crippen LogP contribution >= 0.6 is 0 Å². The van der Waals surface area contributed by atoms with Gasteiger partial charge in [-0.1, -0.05) is 36.4 Å². The first kappa shape index (κ1) is 23.6. The second kappa shape index (κ2) is 11.5. The second-order valence-electron chi connectivity index (χ2n) is 7.72. The first-order valence-corrected chi connectivity index (χ1v) is 11.3. The van der Waals surface area contributed by atoms with Crippen molar-refractivity contribution in [3.63, 3.8) is 0 Å². The number of carbonyl (C=O) groups excluding carboxylic acids is 1. The number of ether oxygens (including phenoxy) is 3. The third kappa shape index (κ3) is 6.01. The van der Waals surface area contributed by atoms with Gasteiger partial charge in [0.15, 0.2) is 6.10 Å². The Hall–Kier alpha value is -3.05. The van der Waals surface area contributed by atoms with Crippen LogP contribution in [0, 0.1) is 13.8 Å². The quantitative estimate of drug-likeness (QED) is 0.380. The highest BCUT2D eigenvalue weighted by Gasteiger charge is 2.20. The summed E-state index contributed by atoms with van der Waals surface area (Å²) in [5, 5.41) is 0. The third-order valence-electron chi connectivity index (χ3n) is 5.47. The number of aryl methyl sites for hydroxylation is 2. The summed E-state index contributed by atoms with van der Waals surface area (Å²) in [5.41, 5.74) is 5.93. The van der Waals surface area contributed by atoms with E-state index < -0.39 is 6.10 Å². The van der Waals surface area contributed by atoms with Crippen LogP contribution in [0.5, 0.6) is 5.75 Å². The summed E-state index contributed by atoms with van der Waals surface area (Å²) in [6, 6.07) is 20.6. The molecule has 1 unspecified atom stereocenters. The molecule has 5 nitrogen and oxygen atoms in total. The van der Waals surface area contributed by atoms with Gasteiger partial charge in [-0.15, -0.1) is 0 Å². The average molecular weight is 436 g/mol. The van der Waals surface area contributed by atoms with Crippen molar-refractivity contribution in [2.45, 2.75) is 46.8 Å². The van der Waals surface area contributed by atoms with Crippen molar-refractivity contribution in [2.75, 3.05) is 19.8 Å². The van der Waals surface area contributed by atoms with Crippen LogP contribution in [0.25, 0.3) is 11.3 Å². The smallest absolute Gasteiger partial charge is 0.335 e. The lowest BCUT2D eigenvalue weighted by atomic mass is 10.1. The fraction of sp³-hybridized carbons (Fsp3) is 0.370. The largest absolute Gasteiger partial charge is 0.492 e. The van der Waals surface area contributed by atoms with Crippen LogP contribution < -0.4 is 4.74 Å². The maximum absolute atomic E-state index is 12.1. The van der Waals surface area contributed by atoms with Crippen molar-refractivity contribution < 1.29 is 19.0 Å². The average Bonchev–Trinajstić information content (AvgIpc) is 3.15. The van der Waals surface area contributed by atoms with Crippen LogP contribution in [-0.2, 0) is 27.2 Å². The van der Waals surface area contributed by atoms with E-state index in [1.807, 2.05) is 31.2 Å². The highest BCUT2D eigenvalue weighted by atomic mass is 16.6. The van der Waals surface area contributed by atoms with E-state index in [9.17, 15) is 4.79 Å². The summed E-state index contributed by atoms with van der Waals surface area (Å²) in [6.07, 6.45) is -0.0988. The Balaban J connectivity index is 1.59. The Kier molecular flexibility index (Phi) is 8.51. The fourth-order valence-corrected chi connectivity index (χ4v) is 3.80. The molecule has 3 rings (SSSR count). The van der Waals surface area contributed by atoms with Gasteiger partial charge < -0.3 is 18.8 Å². The SMILES string of the molecule is CCOC(=O)C(Cc1ccc(OCCn2c(C)ccc2-c2ccccc2C)cc1)OCC. The molecule has 1 aromatic heterocycles. The molecule has 1 heterocycles. The van der Waals surface area contributed by atoms with E-state index in [4.69, 9.17) is 14.2 Å². The van der Waals surface area contributed by atoms with E-state index in [-0.39, 0.29) is 5.97 Å². The minimum atomic E-state index is -0.580. The molecule has 170 valence electrons. The topological polar surface area (TPSA) is 49.7 Å². The van der Waals surface area contributed by atoms with Gasteiger partial charge in [-0.2, -0.15) is 0 Å². The zero-order valence-electron chi connectivity index (χ0n) is 19.5. The second-order valence-corrected chi connectivity index (χ2v) is 7.72. The molecule has 0 saturated heterocycles. The first-order valence-electron chi connectivity index (χ1n) is 11.3. The highest BCUT2D eigenvalue weighted by Crippen LogP contribution is 2.25. The molecule has 0 fully saturated rings. The summed E-state index contributed by atoms with van der Waals surface area (Å²) < 4.78 is 19.0. The molecule has 0 radical (unpaired) electrons. The van der Waals surface area contributed by atoms with E-state index in [2.05, 4.69) is 54.8 Å². The minimum Gasteiger partial charge on any atom is -0.492 e. The maximum atomic E-state index is 12.1. The predicted molar refractivity (Wildman–Crippen MR) is 127 cm³/mol. The van der Waals surface area contributed by atoms with Gasteiger partial charge in [0.25, 0.3) is 0 Å². The van der Waals surface area contributed by atoms with Crippen LogP contribution in [0.15, 0.2) is 60.7 Å². The first-order chi connectivity index (χ1) is 15.5. The van der Waals surface area contributed by atoms with E-state index in [1.54, 1.807) is 6.92 Å². The van der Waals surface area contributed by atoms with E-state index >= 15 is 0 Å². The summed E-state index contributed by atoms with van der Waals surface area (Å²) in [7, 11) is 0. The molecule has 0 bridgehead atoms. The molecule has 0 amide bonds. The van der Waals surface area contributed by atoms with Crippen molar-refractivity contribution in [3.8, 4) is 17.0 Å². The third-order valence-corrected chi connectivity index (χ3v) is 5.47. The van der Waals surface area contributed by atoms with Crippen LogP contribution in [0.4, 0.5) is 0 Å². The molecule has 0 saturated carbocycles. The number of benzene rings is 2. The molecule has 3 aromatic rings. The van der Waals surface area contributed by atoms with Gasteiger partial charge in [-0.25, -0.2) is 4.79 Å². The van der Waals surface area contributed by atoms with Gasteiger partial charge in [-0.05, 0) is 63.1 Å². The Bertz CT molecular complexity index is 1010. The maximum Gasteiger partial charge on any atom is 0.335 e. The molecule has 32 heavy (non-hydrogen) atoms. The van der Waals surface area contributed by atoms with E-state index in [0.29, 0.717) is 26.2 Å². The fourth-order valence-electron chi connectivity index (χ4n) is 3.80. The zero-order chi connectivity index (χ0) is 22.9. The van der Waals surface area contributed by atoms with Crippen molar-refractivity contribution in [1.29, 1.82) is 0 Å². The van der Waals surface area contributed by atoms with Crippen LogP contribution in [0.2, 0.25) is 0 Å². The van der Waals surface area contributed by atoms with Crippen LogP contribution in [-0.4, -0.2) is 36.5 Å². The Morgan fingerprint density at radius 2 is 1.69 bits per heavy atom. The highest BCUT2D eigenvalue weighted by molar-refractivity contribution is 5.75. The Labute approximate surface area is 190 Å². The van der Waals surface area contributed by atoms with Crippen LogP contribution in [0.1, 0.15) is 30.7 Å². The van der Waals surface area contributed by atoms with Gasteiger partial charge in [-0.3, -0.25) is 0 Å². The molecule has 2 aromatic carbocycles. The summed E-state index contributed by atoms with van der Waals surface area (Å²) in [5.74, 6) is 0.487. The van der Waals surface area contributed by atoms with Gasteiger partial charge in [0, 0.05) is 30.0 Å². The number of hydrogen-bond donors (Lipinski definition) is 0. The molecule has 0 aliphatic heterocycles. The van der Waals surface area contributed by atoms with E-state index in [0.717, 1.165) is 17.9 Å². The molecular weight excluding hydrogens is 402 g/mol. The van der Waals surface area contributed by atoms with Gasteiger partial charge in [0.1, 0.15) is 12.4 Å². The number of esters is 1. The van der Waals surface area contributed by atoms with Crippen LogP contribution in [0.3, 0.4) is 0 Å². The number of nitrogens with zero attached hydrogens (tertiary/aromatic N) is 1. The lowest BCUT2D eigenvalue weighted by Gasteiger charge is -2.16. The minimum absolute atomic E-state index is 0.318. The Morgan fingerprint density at radius 1 is 0.938 bits per heavy atom. The van der Waals surface area contributed by atoms with Gasteiger partial charge in [0.2, 0.25) is 0 Å². The Morgan fingerprint density at radius 3 is 2.38 bits per heavy atom. The summed E-state index contributed by atoms with van der Waals surface area (Å²) >= 11 is 0. The lowest BCUT2D eigenvalue weighted by Crippen LogP contribution is -2.28. The van der Waals surface area contributed by atoms with Crippen molar-refractivity contribution in [3.05, 3.63) is 77.5 Å². The molecule has 0 aliphatic rings. The standard InChI is InChI=1S/C27H33NO4/c1-5-30-26(27(29)31-6-2)19-22-12-14-23(15-13-22)32-18-17-28-21(4)11-16-25(28)24-10-8-7-9-20(24)3/h7-16,26H,5-6,17-19H2,1-4H3.